The minimum absolute atomic E-state index is 0.0777. The highest BCUT2D eigenvalue weighted by atomic mass is 35.5. The molecule has 2 aromatic carbocycles. The summed E-state index contributed by atoms with van der Waals surface area (Å²) < 4.78 is 27.3. The van der Waals surface area contributed by atoms with Crippen molar-refractivity contribution in [1.29, 1.82) is 0 Å². The standard InChI is InChI=1S/C18H17ClF2O/c19-14-4-2-13(3-5-14)18(7-1-9-22)8-6-12-10-16(20)17(21)11-15(12)18/h2-5,10-11,22H,1,6-9H2/t18-/m1/s1. The summed E-state index contributed by atoms with van der Waals surface area (Å²) in [6.07, 6.45) is 2.80. The number of aliphatic hydroxyl groups is 1. The third kappa shape index (κ3) is 2.53. The Balaban J connectivity index is 2.14. The number of aliphatic hydroxyl groups excluding tert-OH is 1. The minimum atomic E-state index is -0.817. The number of benzene rings is 2. The van der Waals surface area contributed by atoms with Crippen LogP contribution in [0.1, 0.15) is 36.0 Å². The largest absolute Gasteiger partial charge is 0.396 e. The number of halogens is 3. The van der Waals surface area contributed by atoms with Gasteiger partial charge in [-0.3, -0.25) is 0 Å². The molecule has 0 heterocycles. The molecule has 22 heavy (non-hydrogen) atoms. The molecular formula is C18H17ClF2O. The molecule has 0 bridgehead atoms. The van der Waals surface area contributed by atoms with Gasteiger partial charge in [-0.2, -0.15) is 0 Å². The van der Waals surface area contributed by atoms with Gasteiger partial charge in [0.05, 0.1) is 0 Å². The van der Waals surface area contributed by atoms with E-state index in [2.05, 4.69) is 0 Å². The molecule has 1 nitrogen and oxygen atoms in total. The number of hydrogen-bond donors (Lipinski definition) is 1. The van der Waals surface area contributed by atoms with Crippen LogP contribution in [0.2, 0.25) is 5.02 Å². The lowest BCUT2D eigenvalue weighted by Crippen LogP contribution is -2.25. The van der Waals surface area contributed by atoms with Crippen molar-refractivity contribution in [2.75, 3.05) is 6.61 Å². The third-order valence-corrected chi connectivity index (χ3v) is 4.89. The van der Waals surface area contributed by atoms with Crippen LogP contribution in [0.5, 0.6) is 0 Å². The third-order valence-electron chi connectivity index (χ3n) is 4.64. The summed E-state index contributed by atoms with van der Waals surface area (Å²) >= 11 is 5.96. The average molecular weight is 323 g/mol. The monoisotopic (exact) mass is 322 g/mol. The van der Waals surface area contributed by atoms with E-state index in [0.717, 1.165) is 23.1 Å². The van der Waals surface area contributed by atoms with Crippen molar-refractivity contribution in [2.45, 2.75) is 31.1 Å². The van der Waals surface area contributed by atoms with Crippen LogP contribution in [-0.2, 0) is 11.8 Å². The van der Waals surface area contributed by atoms with Gasteiger partial charge in [0.2, 0.25) is 0 Å². The molecule has 0 saturated carbocycles. The summed E-state index contributed by atoms with van der Waals surface area (Å²) in [6.45, 7) is 0.0777. The van der Waals surface area contributed by atoms with Gasteiger partial charge in [-0.05, 0) is 66.6 Å². The topological polar surface area (TPSA) is 20.2 Å². The predicted octanol–water partition coefficient (Wildman–Crippen LogP) is 4.62. The van der Waals surface area contributed by atoms with Crippen LogP contribution in [0.3, 0.4) is 0 Å². The lowest BCUT2D eigenvalue weighted by Gasteiger charge is -2.31. The molecule has 4 heteroatoms. The maximum atomic E-state index is 13.8. The maximum Gasteiger partial charge on any atom is 0.159 e. The average Bonchev–Trinajstić information content (AvgIpc) is 2.85. The smallest absolute Gasteiger partial charge is 0.159 e. The van der Waals surface area contributed by atoms with Crippen LogP contribution < -0.4 is 0 Å². The first kappa shape index (κ1) is 15.4. The fourth-order valence-corrected chi connectivity index (χ4v) is 3.70. The van der Waals surface area contributed by atoms with Crippen molar-refractivity contribution in [3.63, 3.8) is 0 Å². The molecule has 0 radical (unpaired) electrons. The van der Waals surface area contributed by atoms with Crippen LogP contribution in [0.25, 0.3) is 0 Å². The van der Waals surface area contributed by atoms with Gasteiger partial charge in [0.25, 0.3) is 0 Å². The van der Waals surface area contributed by atoms with Gasteiger partial charge >= 0.3 is 0 Å². The summed E-state index contributed by atoms with van der Waals surface area (Å²) in [6, 6.07) is 10.1. The molecule has 3 rings (SSSR count). The second-order valence-electron chi connectivity index (χ2n) is 5.84. The zero-order chi connectivity index (χ0) is 15.7. The summed E-state index contributed by atoms with van der Waals surface area (Å²) in [7, 11) is 0. The Bertz CT molecular complexity index is 684. The van der Waals surface area contributed by atoms with E-state index in [-0.39, 0.29) is 12.0 Å². The molecule has 0 fully saturated rings. The number of rotatable bonds is 4. The highest BCUT2D eigenvalue weighted by Gasteiger charge is 2.40. The second-order valence-corrected chi connectivity index (χ2v) is 6.28. The number of aryl methyl sites for hydroxylation is 1. The SMILES string of the molecule is OCCC[C@]1(c2ccc(Cl)cc2)CCc2cc(F)c(F)cc21. The minimum Gasteiger partial charge on any atom is -0.396 e. The number of hydrogen-bond acceptors (Lipinski definition) is 1. The quantitative estimate of drug-likeness (QED) is 0.870. The van der Waals surface area contributed by atoms with Crippen molar-refractivity contribution in [2.24, 2.45) is 0 Å². The molecule has 0 amide bonds. The van der Waals surface area contributed by atoms with Gasteiger partial charge in [0, 0.05) is 17.0 Å². The summed E-state index contributed by atoms with van der Waals surface area (Å²) in [5.41, 5.74) is 2.35. The summed E-state index contributed by atoms with van der Waals surface area (Å²) in [5, 5.41) is 9.87. The molecule has 0 spiro atoms. The van der Waals surface area contributed by atoms with Crippen molar-refractivity contribution in [3.05, 3.63) is 69.7 Å². The van der Waals surface area contributed by atoms with E-state index in [0.29, 0.717) is 24.3 Å². The van der Waals surface area contributed by atoms with Gasteiger partial charge in [0.15, 0.2) is 11.6 Å². The van der Waals surface area contributed by atoms with E-state index >= 15 is 0 Å². The lowest BCUT2D eigenvalue weighted by molar-refractivity contribution is 0.268. The highest BCUT2D eigenvalue weighted by molar-refractivity contribution is 6.30. The predicted molar refractivity (Wildman–Crippen MR) is 83.2 cm³/mol. The van der Waals surface area contributed by atoms with Gasteiger partial charge in [0.1, 0.15) is 0 Å². The Morgan fingerprint density at radius 1 is 1.09 bits per heavy atom. The van der Waals surface area contributed by atoms with E-state index < -0.39 is 11.6 Å². The Kier molecular flexibility index (Phi) is 4.20. The van der Waals surface area contributed by atoms with E-state index in [9.17, 15) is 13.9 Å². The summed E-state index contributed by atoms with van der Waals surface area (Å²) in [4.78, 5) is 0. The molecule has 1 N–H and O–H groups in total. The van der Waals surface area contributed by atoms with Crippen LogP contribution in [0.4, 0.5) is 8.78 Å². The molecule has 0 unspecified atom stereocenters. The second kappa shape index (κ2) is 5.98. The number of fused-ring (bicyclic) bond motifs is 1. The Morgan fingerprint density at radius 2 is 1.77 bits per heavy atom. The van der Waals surface area contributed by atoms with E-state index in [1.807, 2.05) is 24.3 Å². The Hall–Kier alpha value is -1.45. The molecule has 0 aliphatic heterocycles. The van der Waals surface area contributed by atoms with Crippen LogP contribution >= 0.6 is 11.6 Å². The van der Waals surface area contributed by atoms with E-state index in [1.54, 1.807) is 0 Å². The van der Waals surface area contributed by atoms with Crippen molar-refractivity contribution in [1.82, 2.24) is 0 Å². The van der Waals surface area contributed by atoms with Gasteiger partial charge in [-0.15, -0.1) is 0 Å². The summed E-state index contributed by atoms with van der Waals surface area (Å²) in [5.74, 6) is -1.61. The molecule has 1 aliphatic rings. The van der Waals surface area contributed by atoms with Crippen molar-refractivity contribution < 1.29 is 13.9 Å². The van der Waals surface area contributed by atoms with E-state index in [1.165, 1.54) is 12.1 Å². The molecule has 2 aromatic rings. The van der Waals surface area contributed by atoms with Crippen molar-refractivity contribution in [3.8, 4) is 0 Å². The lowest BCUT2D eigenvalue weighted by atomic mass is 9.72. The first-order chi connectivity index (χ1) is 10.6. The normalized spacial score (nSPS) is 20.2. The fourth-order valence-electron chi connectivity index (χ4n) is 3.58. The van der Waals surface area contributed by atoms with E-state index in [4.69, 9.17) is 11.6 Å². The molecule has 0 aromatic heterocycles. The zero-order valence-corrected chi connectivity index (χ0v) is 12.8. The van der Waals surface area contributed by atoms with Crippen LogP contribution in [-0.4, -0.2) is 11.7 Å². The first-order valence-electron chi connectivity index (χ1n) is 7.42. The van der Waals surface area contributed by atoms with Gasteiger partial charge in [-0.1, -0.05) is 23.7 Å². The Morgan fingerprint density at radius 3 is 2.45 bits per heavy atom. The van der Waals surface area contributed by atoms with Crippen LogP contribution in [0, 0.1) is 11.6 Å². The molecule has 0 saturated heterocycles. The molecule has 116 valence electrons. The van der Waals surface area contributed by atoms with Gasteiger partial charge in [-0.25, -0.2) is 8.78 Å². The fraction of sp³-hybridized carbons (Fsp3) is 0.333. The first-order valence-corrected chi connectivity index (χ1v) is 7.80. The van der Waals surface area contributed by atoms with Gasteiger partial charge < -0.3 is 5.11 Å². The molecular weight excluding hydrogens is 306 g/mol. The maximum absolute atomic E-state index is 13.8. The zero-order valence-electron chi connectivity index (χ0n) is 12.1. The van der Waals surface area contributed by atoms with Crippen LogP contribution in [0.15, 0.2) is 36.4 Å². The molecule has 1 aliphatic carbocycles. The highest BCUT2D eigenvalue weighted by Crippen LogP contribution is 2.48. The van der Waals surface area contributed by atoms with Crippen molar-refractivity contribution >= 4 is 11.6 Å². The Labute approximate surface area is 133 Å². The molecule has 1 atom stereocenters.